The van der Waals surface area contributed by atoms with E-state index in [1.165, 1.54) is 0 Å². The number of carbonyl (C=O) groups is 1. The standard InChI is InChI=1S/C17H17N5OS/c1-22-11-14(10-20-22)13-6-15(8-16(7-13)24-18)21-17(23)5-12-3-2-4-19-9-12/h2-4,6-11H,5,18H2,1H3,(H,21,23). The van der Waals surface area contributed by atoms with Crippen molar-refractivity contribution in [3.05, 3.63) is 60.7 Å². The predicted molar refractivity (Wildman–Crippen MR) is 95.3 cm³/mol. The summed E-state index contributed by atoms with van der Waals surface area (Å²) >= 11 is 1.14. The Kier molecular flexibility index (Phi) is 4.93. The van der Waals surface area contributed by atoms with Gasteiger partial charge in [-0.25, -0.2) is 0 Å². The molecule has 1 aromatic carbocycles. The molecule has 0 radical (unpaired) electrons. The lowest BCUT2D eigenvalue weighted by Crippen LogP contribution is -2.14. The first-order valence-corrected chi connectivity index (χ1v) is 8.21. The van der Waals surface area contributed by atoms with Crippen LogP contribution in [0.15, 0.2) is 60.0 Å². The summed E-state index contributed by atoms with van der Waals surface area (Å²) in [5.41, 5.74) is 3.50. The molecule has 24 heavy (non-hydrogen) atoms. The SMILES string of the molecule is Cn1cc(-c2cc(NC(=O)Cc3cccnc3)cc(SN)c2)cn1. The van der Waals surface area contributed by atoms with Crippen molar-refractivity contribution in [1.82, 2.24) is 14.8 Å². The molecule has 7 heteroatoms. The Labute approximate surface area is 144 Å². The zero-order valence-electron chi connectivity index (χ0n) is 13.1. The lowest BCUT2D eigenvalue weighted by Gasteiger charge is -2.09. The number of aromatic nitrogens is 3. The number of amides is 1. The first-order valence-electron chi connectivity index (χ1n) is 7.33. The molecule has 0 saturated carbocycles. The van der Waals surface area contributed by atoms with E-state index >= 15 is 0 Å². The summed E-state index contributed by atoms with van der Waals surface area (Å²) in [5, 5.41) is 12.8. The number of anilines is 1. The van der Waals surface area contributed by atoms with E-state index < -0.39 is 0 Å². The van der Waals surface area contributed by atoms with Crippen molar-refractivity contribution in [2.75, 3.05) is 5.32 Å². The molecule has 0 aliphatic heterocycles. The van der Waals surface area contributed by atoms with E-state index in [4.69, 9.17) is 5.14 Å². The van der Waals surface area contributed by atoms with Crippen LogP contribution in [0, 0.1) is 0 Å². The number of rotatable bonds is 5. The number of aryl methyl sites for hydroxylation is 1. The summed E-state index contributed by atoms with van der Waals surface area (Å²) in [6.07, 6.45) is 7.34. The quantitative estimate of drug-likeness (QED) is 0.698. The Morgan fingerprint density at radius 2 is 2.17 bits per heavy atom. The third-order valence-corrected chi connectivity index (χ3v) is 3.96. The van der Waals surface area contributed by atoms with Gasteiger partial charge in [-0.15, -0.1) is 0 Å². The number of nitrogens with zero attached hydrogens (tertiary/aromatic N) is 3. The Hall–Kier alpha value is -2.64. The molecule has 0 atom stereocenters. The lowest BCUT2D eigenvalue weighted by atomic mass is 10.1. The first-order chi connectivity index (χ1) is 11.6. The van der Waals surface area contributed by atoms with E-state index in [0.29, 0.717) is 5.69 Å². The van der Waals surface area contributed by atoms with Gasteiger partial charge in [0.05, 0.1) is 12.6 Å². The molecule has 3 aromatic rings. The van der Waals surface area contributed by atoms with Gasteiger partial charge in [0.15, 0.2) is 0 Å². The fourth-order valence-electron chi connectivity index (χ4n) is 2.37. The van der Waals surface area contributed by atoms with Gasteiger partial charge in [0.2, 0.25) is 5.91 Å². The number of nitrogens with two attached hydrogens (primary N) is 1. The van der Waals surface area contributed by atoms with Crippen LogP contribution in [0.2, 0.25) is 0 Å². The molecule has 2 heterocycles. The molecule has 0 fully saturated rings. The van der Waals surface area contributed by atoms with Gasteiger partial charge in [-0.2, -0.15) is 5.10 Å². The Bertz CT molecular complexity index is 847. The maximum Gasteiger partial charge on any atom is 0.228 e. The van der Waals surface area contributed by atoms with Crippen molar-refractivity contribution in [3.8, 4) is 11.1 Å². The van der Waals surface area contributed by atoms with E-state index in [9.17, 15) is 4.79 Å². The molecule has 0 saturated heterocycles. The molecule has 0 aliphatic carbocycles. The third-order valence-electron chi connectivity index (χ3n) is 3.45. The Morgan fingerprint density at radius 1 is 1.29 bits per heavy atom. The van der Waals surface area contributed by atoms with E-state index in [-0.39, 0.29) is 12.3 Å². The van der Waals surface area contributed by atoms with Gasteiger partial charge in [-0.3, -0.25) is 19.6 Å². The highest BCUT2D eigenvalue weighted by molar-refractivity contribution is 7.97. The zero-order valence-corrected chi connectivity index (χ0v) is 14.0. The van der Waals surface area contributed by atoms with E-state index in [2.05, 4.69) is 15.4 Å². The molecule has 122 valence electrons. The number of carbonyl (C=O) groups excluding carboxylic acids is 1. The zero-order chi connectivity index (χ0) is 16.9. The largest absolute Gasteiger partial charge is 0.326 e. The van der Waals surface area contributed by atoms with Crippen molar-refractivity contribution in [1.29, 1.82) is 0 Å². The lowest BCUT2D eigenvalue weighted by molar-refractivity contribution is -0.115. The van der Waals surface area contributed by atoms with Crippen LogP contribution in [0.3, 0.4) is 0 Å². The van der Waals surface area contributed by atoms with E-state index in [1.807, 2.05) is 43.6 Å². The highest BCUT2D eigenvalue weighted by atomic mass is 32.2. The molecule has 0 spiro atoms. The summed E-state index contributed by atoms with van der Waals surface area (Å²) in [5.74, 6) is -0.0979. The third kappa shape index (κ3) is 4.01. The topological polar surface area (TPSA) is 85.8 Å². The van der Waals surface area contributed by atoms with Crippen LogP contribution in [0.1, 0.15) is 5.56 Å². The maximum atomic E-state index is 12.2. The summed E-state index contributed by atoms with van der Waals surface area (Å²) in [6.45, 7) is 0. The van der Waals surface area contributed by atoms with Crippen LogP contribution in [0.25, 0.3) is 11.1 Å². The second-order valence-corrected chi connectivity index (χ2v) is 6.06. The number of pyridine rings is 1. The van der Waals surface area contributed by atoms with Crippen LogP contribution < -0.4 is 10.5 Å². The predicted octanol–water partition coefficient (Wildman–Crippen LogP) is 2.63. The summed E-state index contributed by atoms with van der Waals surface area (Å²) in [6, 6.07) is 9.43. The molecule has 3 rings (SSSR count). The van der Waals surface area contributed by atoms with Gasteiger partial charge >= 0.3 is 0 Å². The van der Waals surface area contributed by atoms with Crippen LogP contribution in [-0.4, -0.2) is 20.7 Å². The van der Waals surface area contributed by atoms with Gasteiger partial charge in [-0.05, 0) is 47.3 Å². The number of nitrogens with one attached hydrogen (secondary N) is 1. The average Bonchev–Trinajstić information content (AvgIpc) is 3.02. The highest BCUT2D eigenvalue weighted by Crippen LogP contribution is 2.28. The maximum absolute atomic E-state index is 12.2. The minimum absolute atomic E-state index is 0.0979. The molecular formula is C17H17N5OS. The van der Waals surface area contributed by atoms with Crippen LogP contribution in [-0.2, 0) is 18.3 Å². The van der Waals surface area contributed by atoms with Gasteiger partial charge in [0, 0.05) is 41.8 Å². The van der Waals surface area contributed by atoms with Gasteiger partial charge in [-0.1, -0.05) is 6.07 Å². The number of benzene rings is 1. The van der Waals surface area contributed by atoms with Gasteiger partial charge in [0.25, 0.3) is 0 Å². The Balaban J connectivity index is 1.81. The summed E-state index contributed by atoms with van der Waals surface area (Å²) in [7, 11) is 1.86. The molecule has 2 aromatic heterocycles. The number of hydrogen-bond donors (Lipinski definition) is 2. The highest BCUT2D eigenvalue weighted by Gasteiger charge is 2.09. The second kappa shape index (κ2) is 7.29. The van der Waals surface area contributed by atoms with Crippen LogP contribution in [0.5, 0.6) is 0 Å². The minimum Gasteiger partial charge on any atom is -0.326 e. The van der Waals surface area contributed by atoms with Crippen LogP contribution in [0.4, 0.5) is 5.69 Å². The monoisotopic (exact) mass is 339 g/mol. The van der Waals surface area contributed by atoms with Gasteiger partial charge < -0.3 is 5.32 Å². The Morgan fingerprint density at radius 3 is 2.83 bits per heavy atom. The van der Waals surface area contributed by atoms with Crippen molar-refractivity contribution in [3.63, 3.8) is 0 Å². The minimum atomic E-state index is -0.0979. The molecular weight excluding hydrogens is 322 g/mol. The molecule has 0 unspecified atom stereocenters. The first kappa shape index (κ1) is 16.2. The number of hydrogen-bond acceptors (Lipinski definition) is 5. The molecule has 1 amide bonds. The van der Waals surface area contributed by atoms with Crippen LogP contribution >= 0.6 is 11.9 Å². The smallest absolute Gasteiger partial charge is 0.228 e. The second-order valence-electron chi connectivity index (χ2n) is 5.35. The normalized spacial score (nSPS) is 10.6. The van der Waals surface area contributed by atoms with E-state index in [0.717, 1.165) is 33.5 Å². The summed E-state index contributed by atoms with van der Waals surface area (Å²) < 4.78 is 1.73. The van der Waals surface area contributed by atoms with Crippen molar-refractivity contribution in [2.45, 2.75) is 11.3 Å². The molecule has 0 aliphatic rings. The summed E-state index contributed by atoms with van der Waals surface area (Å²) in [4.78, 5) is 17.1. The average molecular weight is 339 g/mol. The fraction of sp³-hybridized carbons (Fsp3) is 0.118. The van der Waals surface area contributed by atoms with Crippen molar-refractivity contribution in [2.24, 2.45) is 12.2 Å². The van der Waals surface area contributed by atoms with Crippen molar-refractivity contribution < 1.29 is 4.79 Å². The van der Waals surface area contributed by atoms with E-state index in [1.54, 1.807) is 23.3 Å². The molecule has 3 N–H and O–H groups in total. The molecule has 0 bridgehead atoms. The van der Waals surface area contributed by atoms with Crippen molar-refractivity contribution >= 4 is 23.5 Å². The molecule has 6 nitrogen and oxygen atoms in total. The van der Waals surface area contributed by atoms with Gasteiger partial charge in [0.1, 0.15) is 0 Å². The fourth-order valence-corrected chi connectivity index (χ4v) is 2.76.